The zero-order valence-corrected chi connectivity index (χ0v) is 13.0. The molecule has 1 aromatic carbocycles. The van der Waals surface area contributed by atoms with Crippen LogP contribution in [0, 0.1) is 11.6 Å². The second-order valence-electron chi connectivity index (χ2n) is 4.90. The van der Waals surface area contributed by atoms with Gasteiger partial charge in [-0.3, -0.25) is 4.68 Å². The van der Waals surface area contributed by atoms with Gasteiger partial charge in [-0.2, -0.15) is 5.10 Å². The maximum absolute atomic E-state index is 13.9. The molecule has 0 aliphatic carbocycles. The van der Waals surface area contributed by atoms with E-state index in [9.17, 15) is 8.78 Å². The van der Waals surface area contributed by atoms with Gasteiger partial charge >= 0.3 is 0 Å². The fourth-order valence-electron chi connectivity index (χ4n) is 2.39. The van der Waals surface area contributed by atoms with Gasteiger partial charge in [0.1, 0.15) is 11.6 Å². The molecule has 0 fully saturated rings. The van der Waals surface area contributed by atoms with Gasteiger partial charge in [0.15, 0.2) is 0 Å². The minimum atomic E-state index is -0.585. The molecule has 1 N–H and O–H groups in total. The van der Waals surface area contributed by atoms with Crippen LogP contribution in [0.4, 0.5) is 8.78 Å². The van der Waals surface area contributed by atoms with E-state index in [0.29, 0.717) is 17.0 Å². The number of rotatable bonds is 5. The van der Waals surface area contributed by atoms with Crippen molar-refractivity contribution in [3.63, 3.8) is 0 Å². The molecule has 1 heterocycles. The molecule has 21 heavy (non-hydrogen) atoms. The van der Waals surface area contributed by atoms with Crippen molar-refractivity contribution < 1.29 is 8.78 Å². The lowest BCUT2D eigenvalue weighted by atomic mass is 10.0. The van der Waals surface area contributed by atoms with E-state index >= 15 is 0 Å². The quantitative estimate of drug-likeness (QED) is 0.916. The third kappa shape index (κ3) is 3.24. The summed E-state index contributed by atoms with van der Waals surface area (Å²) in [5.74, 6) is -1.15. The molecule has 0 bridgehead atoms. The van der Waals surface area contributed by atoms with Gasteiger partial charge in [-0.25, -0.2) is 8.78 Å². The molecule has 0 radical (unpaired) electrons. The summed E-state index contributed by atoms with van der Waals surface area (Å²) in [6.07, 6.45) is 1.21. The number of likely N-dealkylation sites (N-methyl/N-ethyl adjacent to an activating group) is 1. The van der Waals surface area contributed by atoms with Gasteiger partial charge in [-0.05, 0) is 19.5 Å². The molecule has 6 heteroatoms. The van der Waals surface area contributed by atoms with E-state index < -0.39 is 11.6 Å². The first-order valence-corrected chi connectivity index (χ1v) is 7.18. The largest absolute Gasteiger partial charge is 0.313 e. The second-order valence-corrected chi connectivity index (χ2v) is 5.27. The van der Waals surface area contributed by atoms with E-state index in [1.165, 1.54) is 12.1 Å². The van der Waals surface area contributed by atoms with Gasteiger partial charge in [0.2, 0.25) is 0 Å². The number of nitrogens with one attached hydrogen (secondary N) is 1. The summed E-state index contributed by atoms with van der Waals surface area (Å²) >= 11 is 6.32. The first kappa shape index (κ1) is 15.9. The van der Waals surface area contributed by atoms with Crippen LogP contribution in [-0.4, -0.2) is 16.8 Å². The zero-order chi connectivity index (χ0) is 15.6. The van der Waals surface area contributed by atoms with E-state index in [0.717, 1.165) is 23.9 Å². The molecule has 2 aromatic rings. The van der Waals surface area contributed by atoms with Gasteiger partial charge in [-0.1, -0.05) is 24.6 Å². The molecule has 1 aromatic heterocycles. The van der Waals surface area contributed by atoms with Crippen molar-refractivity contribution in [3.05, 3.63) is 51.8 Å². The van der Waals surface area contributed by atoms with Crippen molar-refractivity contribution in [1.29, 1.82) is 0 Å². The lowest BCUT2D eigenvalue weighted by Gasteiger charge is -2.18. The van der Waals surface area contributed by atoms with Crippen molar-refractivity contribution in [2.24, 2.45) is 7.05 Å². The molecule has 0 spiro atoms. The molecule has 1 atom stereocenters. The summed E-state index contributed by atoms with van der Waals surface area (Å²) in [6, 6.07) is 3.30. The van der Waals surface area contributed by atoms with Crippen molar-refractivity contribution in [2.75, 3.05) is 7.05 Å². The van der Waals surface area contributed by atoms with Crippen LogP contribution in [0.1, 0.15) is 29.9 Å². The second kappa shape index (κ2) is 6.54. The predicted octanol–water partition coefficient (Wildman–Crippen LogP) is 3.42. The van der Waals surface area contributed by atoms with Gasteiger partial charge in [0.25, 0.3) is 0 Å². The number of hydrogen-bond donors (Lipinski definition) is 1. The fraction of sp³-hybridized carbons (Fsp3) is 0.400. The van der Waals surface area contributed by atoms with Crippen LogP contribution in [0.15, 0.2) is 18.2 Å². The third-order valence-corrected chi connectivity index (χ3v) is 4.02. The Labute approximate surface area is 127 Å². The molecule has 2 rings (SSSR count). The minimum Gasteiger partial charge on any atom is -0.313 e. The van der Waals surface area contributed by atoms with Crippen molar-refractivity contribution >= 4 is 11.6 Å². The lowest BCUT2D eigenvalue weighted by Crippen LogP contribution is -2.21. The van der Waals surface area contributed by atoms with Gasteiger partial charge < -0.3 is 5.32 Å². The number of halogens is 3. The normalized spacial score (nSPS) is 12.7. The van der Waals surface area contributed by atoms with E-state index in [1.54, 1.807) is 11.7 Å². The highest BCUT2D eigenvalue weighted by atomic mass is 35.5. The molecule has 3 nitrogen and oxygen atoms in total. The number of aryl methyl sites for hydroxylation is 2. The molecule has 114 valence electrons. The average molecular weight is 314 g/mol. The van der Waals surface area contributed by atoms with E-state index in [-0.39, 0.29) is 6.04 Å². The molecule has 0 saturated carbocycles. The molecule has 0 amide bonds. The summed E-state index contributed by atoms with van der Waals surface area (Å²) in [4.78, 5) is 0. The molecule has 0 aliphatic heterocycles. The van der Waals surface area contributed by atoms with E-state index in [4.69, 9.17) is 11.6 Å². The molecular formula is C15H18ClF2N3. The Morgan fingerprint density at radius 1 is 1.38 bits per heavy atom. The smallest absolute Gasteiger partial charge is 0.130 e. The molecular weight excluding hydrogens is 296 g/mol. The van der Waals surface area contributed by atoms with E-state index in [2.05, 4.69) is 10.4 Å². The van der Waals surface area contributed by atoms with Gasteiger partial charge in [0, 0.05) is 31.1 Å². The number of hydrogen-bond acceptors (Lipinski definition) is 2. The Morgan fingerprint density at radius 3 is 2.62 bits per heavy atom. The monoisotopic (exact) mass is 313 g/mol. The zero-order valence-electron chi connectivity index (χ0n) is 12.3. The summed E-state index contributed by atoms with van der Waals surface area (Å²) < 4.78 is 28.7. The van der Waals surface area contributed by atoms with Crippen LogP contribution in [0.25, 0.3) is 0 Å². The molecule has 0 aliphatic rings. The minimum absolute atomic E-state index is 0.303. The van der Waals surface area contributed by atoms with Crippen molar-refractivity contribution in [2.45, 2.75) is 25.8 Å². The molecule has 1 unspecified atom stereocenters. The summed E-state index contributed by atoms with van der Waals surface area (Å²) in [6.45, 7) is 1.98. The maximum atomic E-state index is 13.9. The van der Waals surface area contributed by atoms with Gasteiger partial charge in [0.05, 0.1) is 16.4 Å². The van der Waals surface area contributed by atoms with Gasteiger partial charge in [-0.15, -0.1) is 0 Å². The van der Waals surface area contributed by atoms with Crippen LogP contribution < -0.4 is 5.32 Å². The number of benzene rings is 1. The number of aromatic nitrogens is 2. The number of nitrogens with zero attached hydrogens (tertiary/aromatic N) is 2. The Morgan fingerprint density at radius 2 is 2.10 bits per heavy atom. The Balaban J connectivity index is 2.33. The highest BCUT2D eigenvalue weighted by molar-refractivity contribution is 6.31. The average Bonchev–Trinajstić information content (AvgIpc) is 2.72. The van der Waals surface area contributed by atoms with Crippen molar-refractivity contribution in [3.8, 4) is 0 Å². The first-order chi connectivity index (χ1) is 9.97. The summed E-state index contributed by atoms with van der Waals surface area (Å²) in [5, 5.41) is 8.01. The highest BCUT2D eigenvalue weighted by Crippen LogP contribution is 2.27. The Hall–Kier alpha value is -1.46. The standard InChI is InChI=1S/C15H18ClF2N3/c1-4-12-15(16)14(21(3)20-12)8-13(19-2)10-6-5-9(17)7-11(10)18/h5-7,13,19H,4,8H2,1-3H3. The Kier molecular flexibility index (Phi) is 4.96. The highest BCUT2D eigenvalue weighted by Gasteiger charge is 2.20. The van der Waals surface area contributed by atoms with Crippen LogP contribution in [0.2, 0.25) is 5.02 Å². The molecule has 0 saturated heterocycles. The topological polar surface area (TPSA) is 29.9 Å². The van der Waals surface area contributed by atoms with Crippen LogP contribution in [0.5, 0.6) is 0 Å². The van der Waals surface area contributed by atoms with Crippen LogP contribution in [-0.2, 0) is 19.9 Å². The summed E-state index contributed by atoms with van der Waals surface area (Å²) in [5.41, 5.74) is 2.06. The lowest BCUT2D eigenvalue weighted by molar-refractivity contribution is 0.510. The van der Waals surface area contributed by atoms with Crippen LogP contribution >= 0.6 is 11.6 Å². The predicted molar refractivity (Wildman–Crippen MR) is 79.5 cm³/mol. The third-order valence-electron chi connectivity index (χ3n) is 3.59. The summed E-state index contributed by atoms with van der Waals surface area (Å²) in [7, 11) is 3.55. The van der Waals surface area contributed by atoms with Crippen LogP contribution in [0.3, 0.4) is 0 Å². The van der Waals surface area contributed by atoms with E-state index in [1.807, 2.05) is 14.0 Å². The SMILES string of the molecule is CCc1nn(C)c(CC(NC)c2ccc(F)cc2F)c1Cl. The van der Waals surface area contributed by atoms with Crippen molar-refractivity contribution in [1.82, 2.24) is 15.1 Å². The maximum Gasteiger partial charge on any atom is 0.130 e. The fourth-order valence-corrected chi connectivity index (χ4v) is 2.76. The first-order valence-electron chi connectivity index (χ1n) is 6.80. The Bertz CT molecular complexity index is 640.